The van der Waals surface area contributed by atoms with Crippen molar-refractivity contribution in [1.82, 2.24) is 5.32 Å². The Bertz CT molecular complexity index is 686. The van der Waals surface area contributed by atoms with Gasteiger partial charge in [0.2, 0.25) is 5.91 Å². The fraction of sp³-hybridized carbons (Fsp3) is 0.188. The first-order valence-electron chi connectivity index (χ1n) is 6.65. The summed E-state index contributed by atoms with van der Waals surface area (Å²) < 4.78 is 19.2. The molecule has 0 aromatic heterocycles. The van der Waals surface area contributed by atoms with Gasteiger partial charge in [0.15, 0.2) is 0 Å². The number of halogens is 3. The molecule has 0 saturated carbocycles. The SMILES string of the molecule is O=C1COC(c2cc(F)cc(Cl)c2)C(c2ccc(Cl)cc2)N1. The van der Waals surface area contributed by atoms with Gasteiger partial charge in [-0.15, -0.1) is 0 Å². The Morgan fingerprint density at radius 3 is 2.45 bits per heavy atom. The van der Waals surface area contributed by atoms with Gasteiger partial charge in [-0.05, 0) is 41.5 Å². The predicted molar refractivity (Wildman–Crippen MR) is 82.4 cm³/mol. The number of carbonyl (C=O) groups excluding carboxylic acids is 1. The number of ether oxygens (including phenoxy) is 1. The van der Waals surface area contributed by atoms with Crippen molar-refractivity contribution in [3.63, 3.8) is 0 Å². The number of amides is 1. The van der Waals surface area contributed by atoms with Gasteiger partial charge in [0, 0.05) is 10.0 Å². The van der Waals surface area contributed by atoms with E-state index in [4.69, 9.17) is 27.9 Å². The Morgan fingerprint density at radius 1 is 1.05 bits per heavy atom. The number of hydrogen-bond donors (Lipinski definition) is 1. The zero-order valence-corrected chi connectivity index (χ0v) is 12.9. The highest BCUT2D eigenvalue weighted by Crippen LogP contribution is 2.36. The molecule has 2 aromatic carbocycles. The smallest absolute Gasteiger partial charge is 0.246 e. The molecule has 1 heterocycles. The molecular formula is C16H12Cl2FNO2. The van der Waals surface area contributed by atoms with Gasteiger partial charge in [-0.2, -0.15) is 0 Å². The van der Waals surface area contributed by atoms with Crippen LogP contribution in [0.3, 0.4) is 0 Å². The monoisotopic (exact) mass is 339 g/mol. The molecule has 0 radical (unpaired) electrons. The summed E-state index contributed by atoms with van der Waals surface area (Å²) in [5, 5.41) is 3.74. The number of carbonyl (C=O) groups is 1. The van der Waals surface area contributed by atoms with Crippen molar-refractivity contribution in [2.45, 2.75) is 12.1 Å². The number of rotatable bonds is 2. The first kappa shape index (κ1) is 15.3. The summed E-state index contributed by atoms with van der Waals surface area (Å²) >= 11 is 11.8. The summed E-state index contributed by atoms with van der Waals surface area (Å²) in [4.78, 5) is 11.7. The summed E-state index contributed by atoms with van der Waals surface area (Å²) in [6, 6.07) is 10.8. The average Bonchev–Trinajstić information content (AvgIpc) is 2.47. The molecule has 3 rings (SSSR count). The van der Waals surface area contributed by atoms with Crippen molar-refractivity contribution in [3.05, 3.63) is 69.5 Å². The Morgan fingerprint density at radius 2 is 1.77 bits per heavy atom. The van der Waals surface area contributed by atoms with Crippen molar-refractivity contribution in [2.75, 3.05) is 6.61 Å². The first-order chi connectivity index (χ1) is 10.5. The lowest BCUT2D eigenvalue weighted by molar-refractivity contribution is -0.137. The lowest BCUT2D eigenvalue weighted by Crippen LogP contribution is -2.41. The van der Waals surface area contributed by atoms with Gasteiger partial charge in [-0.3, -0.25) is 4.79 Å². The van der Waals surface area contributed by atoms with Crippen LogP contribution in [0.4, 0.5) is 4.39 Å². The van der Waals surface area contributed by atoms with Crippen LogP contribution in [0.25, 0.3) is 0 Å². The largest absolute Gasteiger partial charge is 0.361 e. The minimum atomic E-state index is -0.521. The lowest BCUT2D eigenvalue weighted by atomic mass is 9.94. The summed E-state index contributed by atoms with van der Waals surface area (Å²) in [6.07, 6.45) is -0.521. The molecule has 2 aromatic rings. The third kappa shape index (κ3) is 3.24. The van der Waals surface area contributed by atoms with Gasteiger partial charge in [-0.1, -0.05) is 35.3 Å². The second-order valence-electron chi connectivity index (χ2n) is 5.03. The van der Waals surface area contributed by atoms with E-state index in [1.807, 2.05) is 0 Å². The van der Waals surface area contributed by atoms with E-state index in [-0.39, 0.29) is 17.5 Å². The highest BCUT2D eigenvalue weighted by atomic mass is 35.5. The molecule has 6 heteroatoms. The van der Waals surface area contributed by atoms with Crippen LogP contribution in [0.15, 0.2) is 42.5 Å². The van der Waals surface area contributed by atoms with E-state index in [0.29, 0.717) is 10.6 Å². The molecule has 1 aliphatic rings. The molecular weight excluding hydrogens is 328 g/mol. The maximum atomic E-state index is 13.6. The average molecular weight is 340 g/mol. The predicted octanol–water partition coefficient (Wildman–Crippen LogP) is 4.06. The Hall–Kier alpha value is -1.62. The molecule has 2 atom stereocenters. The lowest BCUT2D eigenvalue weighted by Gasteiger charge is -2.33. The number of benzene rings is 2. The molecule has 1 saturated heterocycles. The normalized spacial score (nSPS) is 21.5. The van der Waals surface area contributed by atoms with Crippen LogP contribution in [0.2, 0.25) is 10.0 Å². The van der Waals surface area contributed by atoms with E-state index in [1.54, 1.807) is 30.3 Å². The Kier molecular flexibility index (Phi) is 4.34. The fourth-order valence-corrected chi connectivity index (χ4v) is 2.87. The van der Waals surface area contributed by atoms with Crippen molar-refractivity contribution in [3.8, 4) is 0 Å². The molecule has 0 spiro atoms. The molecule has 1 amide bonds. The van der Waals surface area contributed by atoms with Crippen molar-refractivity contribution in [2.24, 2.45) is 0 Å². The second-order valence-corrected chi connectivity index (χ2v) is 5.90. The van der Waals surface area contributed by atoms with Gasteiger partial charge < -0.3 is 10.1 Å². The standard InChI is InChI=1S/C16H12Cl2FNO2/c17-11-3-1-9(2-4-11)15-16(22-8-14(21)20-15)10-5-12(18)7-13(19)6-10/h1-7,15-16H,8H2,(H,20,21). The van der Waals surface area contributed by atoms with Crippen LogP contribution in [0.1, 0.15) is 23.3 Å². The van der Waals surface area contributed by atoms with Crippen molar-refractivity contribution >= 4 is 29.1 Å². The van der Waals surface area contributed by atoms with E-state index in [0.717, 1.165) is 5.56 Å². The molecule has 1 N–H and O–H groups in total. The fourth-order valence-electron chi connectivity index (χ4n) is 2.51. The van der Waals surface area contributed by atoms with Gasteiger partial charge in [0.05, 0.1) is 6.04 Å². The van der Waals surface area contributed by atoms with Gasteiger partial charge in [-0.25, -0.2) is 4.39 Å². The summed E-state index contributed by atoms with van der Waals surface area (Å²) in [7, 11) is 0. The van der Waals surface area contributed by atoms with Gasteiger partial charge in [0.1, 0.15) is 18.5 Å². The summed E-state index contributed by atoms with van der Waals surface area (Å²) in [5.74, 6) is -0.670. The highest BCUT2D eigenvalue weighted by Gasteiger charge is 2.32. The zero-order chi connectivity index (χ0) is 15.7. The molecule has 22 heavy (non-hydrogen) atoms. The van der Waals surface area contributed by atoms with Crippen LogP contribution in [0, 0.1) is 5.82 Å². The van der Waals surface area contributed by atoms with Crippen molar-refractivity contribution < 1.29 is 13.9 Å². The maximum absolute atomic E-state index is 13.6. The molecule has 0 bridgehead atoms. The van der Waals surface area contributed by atoms with E-state index in [1.165, 1.54) is 12.1 Å². The number of morpholine rings is 1. The van der Waals surface area contributed by atoms with Crippen molar-refractivity contribution in [1.29, 1.82) is 0 Å². The van der Waals surface area contributed by atoms with E-state index < -0.39 is 18.0 Å². The van der Waals surface area contributed by atoms with E-state index >= 15 is 0 Å². The first-order valence-corrected chi connectivity index (χ1v) is 7.41. The highest BCUT2D eigenvalue weighted by molar-refractivity contribution is 6.30. The van der Waals surface area contributed by atoms with E-state index in [2.05, 4.69) is 5.32 Å². The van der Waals surface area contributed by atoms with Crippen LogP contribution in [-0.4, -0.2) is 12.5 Å². The third-order valence-electron chi connectivity index (χ3n) is 3.46. The minimum Gasteiger partial charge on any atom is -0.361 e. The molecule has 0 aliphatic carbocycles. The van der Waals surface area contributed by atoms with E-state index in [9.17, 15) is 9.18 Å². The van der Waals surface area contributed by atoms with Crippen LogP contribution in [0.5, 0.6) is 0 Å². The molecule has 114 valence electrons. The van der Waals surface area contributed by atoms with Crippen LogP contribution >= 0.6 is 23.2 Å². The quantitative estimate of drug-likeness (QED) is 0.895. The second kappa shape index (κ2) is 6.24. The third-order valence-corrected chi connectivity index (χ3v) is 3.93. The Balaban J connectivity index is 1.99. The number of nitrogens with one attached hydrogen (secondary N) is 1. The van der Waals surface area contributed by atoms with Crippen LogP contribution in [-0.2, 0) is 9.53 Å². The maximum Gasteiger partial charge on any atom is 0.246 e. The molecule has 2 unspecified atom stereocenters. The molecule has 1 aliphatic heterocycles. The summed E-state index contributed by atoms with van der Waals surface area (Å²) in [5.41, 5.74) is 1.40. The minimum absolute atomic E-state index is 0.0805. The van der Waals surface area contributed by atoms with Gasteiger partial charge in [0.25, 0.3) is 0 Å². The number of hydrogen-bond acceptors (Lipinski definition) is 2. The van der Waals surface area contributed by atoms with Gasteiger partial charge >= 0.3 is 0 Å². The Labute approximate surface area is 137 Å². The molecule has 1 fully saturated rings. The molecule has 3 nitrogen and oxygen atoms in total. The summed E-state index contributed by atoms with van der Waals surface area (Å²) in [6.45, 7) is -0.0805. The van der Waals surface area contributed by atoms with Crippen LogP contribution < -0.4 is 5.32 Å². The topological polar surface area (TPSA) is 38.3 Å². The zero-order valence-electron chi connectivity index (χ0n) is 11.4.